The quantitative estimate of drug-likeness (QED) is 0.113. The van der Waals surface area contributed by atoms with Crippen LogP contribution in [-0.4, -0.2) is 28.4 Å². The van der Waals surface area contributed by atoms with Gasteiger partial charge in [0.2, 0.25) is 0 Å². The fourth-order valence-corrected chi connectivity index (χ4v) is 5.95. The molecule has 1 atom stereocenters. The van der Waals surface area contributed by atoms with Gasteiger partial charge in [0.1, 0.15) is 11.5 Å². The highest BCUT2D eigenvalue weighted by molar-refractivity contribution is 7.22. The molecule has 0 aliphatic carbocycles. The summed E-state index contributed by atoms with van der Waals surface area (Å²) in [6.45, 7) is 6.69. The second-order valence-corrected chi connectivity index (χ2v) is 10.8. The molecule has 4 aromatic rings. The molecule has 1 unspecified atom stereocenters. The van der Waals surface area contributed by atoms with Crippen LogP contribution in [0.25, 0.3) is 16.0 Å². The topological polar surface area (TPSA) is 79.7 Å². The molecule has 1 aromatic heterocycles. The minimum Gasteiger partial charge on any atom is -0.507 e. The van der Waals surface area contributed by atoms with Gasteiger partial charge in [-0.05, 0) is 79.4 Å². The van der Waals surface area contributed by atoms with Crippen LogP contribution in [0.1, 0.15) is 48.1 Å². The van der Waals surface area contributed by atoms with Crippen molar-refractivity contribution in [3.05, 3.63) is 93.5 Å². The molecule has 0 radical (unpaired) electrons. The van der Waals surface area contributed by atoms with Gasteiger partial charge in [0, 0.05) is 10.6 Å². The summed E-state index contributed by atoms with van der Waals surface area (Å²) in [5.74, 6) is -1.06. The SMILES string of the molecule is CCCCOc1ccc(C2C(=C(O)c3ccc(Cl)cc3)C(=O)C(=O)N2c2nc3c(C)cc(C)cc3s2)cc1. The Hall–Kier alpha value is -3.68. The van der Waals surface area contributed by atoms with Crippen molar-refractivity contribution in [1.82, 2.24) is 4.98 Å². The van der Waals surface area contributed by atoms with Gasteiger partial charge >= 0.3 is 5.91 Å². The van der Waals surface area contributed by atoms with Crippen LogP contribution >= 0.6 is 22.9 Å². The Morgan fingerprint density at radius 2 is 1.79 bits per heavy atom. The maximum Gasteiger partial charge on any atom is 0.301 e. The average Bonchev–Trinajstić information content (AvgIpc) is 3.43. The molecule has 0 bridgehead atoms. The van der Waals surface area contributed by atoms with Crippen LogP contribution in [0.4, 0.5) is 5.13 Å². The first-order valence-corrected chi connectivity index (χ1v) is 13.7. The van der Waals surface area contributed by atoms with E-state index in [1.165, 1.54) is 16.2 Å². The van der Waals surface area contributed by atoms with Crippen molar-refractivity contribution >= 4 is 55.7 Å². The minimum atomic E-state index is -0.864. The number of fused-ring (bicyclic) bond motifs is 1. The number of rotatable bonds is 7. The Labute approximate surface area is 230 Å². The van der Waals surface area contributed by atoms with Crippen molar-refractivity contribution in [3.63, 3.8) is 0 Å². The van der Waals surface area contributed by atoms with Crippen LogP contribution < -0.4 is 9.64 Å². The number of aliphatic hydroxyl groups is 1. The third-order valence-corrected chi connectivity index (χ3v) is 7.80. The Bertz CT molecular complexity index is 1560. The van der Waals surface area contributed by atoms with Crippen LogP contribution in [0, 0.1) is 13.8 Å². The van der Waals surface area contributed by atoms with E-state index in [1.807, 2.05) is 50.2 Å². The fourth-order valence-electron chi connectivity index (χ4n) is 4.65. The number of anilines is 1. The summed E-state index contributed by atoms with van der Waals surface area (Å²) >= 11 is 7.38. The maximum absolute atomic E-state index is 13.5. The van der Waals surface area contributed by atoms with Crippen LogP contribution in [0.3, 0.4) is 0 Å². The van der Waals surface area contributed by atoms with Gasteiger partial charge in [-0.3, -0.25) is 14.5 Å². The van der Waals surface area contributed by atoms with E-state index in [2.05, 4.69) is 6.92 Å². The molecule has 6 nitrogen and oxygen atoms in total. The van der Waals surface area contributed by atoms with Gasteiger partial charge in [-0.15, -0.1) is 0 Å². The van der Waals surface area contributed by atoms with Crippen molar-refractivity contribution in [1.29, 1.82) is 0 Å². The number of aryl methyl sites for hydroxylation is 2. The molecule has 1 saturated heterocycles. The fraction of sp³-hybridized carbons (Fsp3) is 0.233. The number of ketones is 1. The van der Waals surface area contributed by atoms with E-state index in [0.29, 0.717) is 33.6 Å². The predicted molar refractivity (Wildman–Crippen MR) is 152 cm³/mol. The minimum absolute atomic E-state index is 0.00383. The Kier molecular flexibility index (Phi) is 7.23. The van der Waals surface area contributed by atoms with E-state index in [1.54, 1.807) is 24.3 Å². The summed E-state index contributed by atoms with van der Waals surface area (Å²) in [4.78, 5) is 33.1. The predicted octanol–water partition coefficient (Wildman–Crippen LogP) is 7.37. The summed E-state index contributed by atoms with van der Waals surface area (Å²) in [5.41, 5.74) is 3.93. The van der Waals surface area contributed by atoms with Gasteiger partial charge < -0.3 is 9.84 Å². The summed E-state index contributed by atoms with van der Waals surface area (Å²) in [6.07, 6.45) is 1.97. The summed E-state index contributed by atoms with van der Waals surface area (Å²) in [7, 11) is 0. The molecule has 2 heterocycles. The molecule has 8 heteroatoms. The molecular weight excluding hydrogens is 520 g/mol. The van der Waals surface area contributed by atoms with Crippen molar-refractivity contribution in [2.24, 2.45) is 0 Å². The normalized spacial score (nSPS) is 16.9. The zero-order chi connectivity index (χ0) is 27.0. The van der Waals surface area contributed by atoms with Crippen LogP contribution in [0.15, 0.2) is 66.2 Å². The molecule has 1 fully saturated rings. The van der Waals surface area contributed by atoms with Gasteiger partial charge in [0.25, 0.3) is 5.78 Å². The van der Waals surface area contributed by atoms with Gasteiger partial charge in [0.15, 0.2) is 5.13 Å². The molecule has 1 aliphatic rings. The third-order valence-electron chi connectivity index (χ3n) is 6.55. The lowest BCUT2D eigenvalue weighted by atomic mass is 9.95. The zero-order valence-electron chi connectivity index (χ0n) is 21.3. The molecule has 5 rings (SSSR count). The van der Waals surface area contributed by atoms with Crippen molar-refractivity contribution in [2.45, 2.75) is 39.7 Å². The van der Waals surface area contributed by atoms with Crippen molar-refractivity contribution in [3.8, 4) is 5.75 Å². The largest absolute Gasteiger partial charge is 0.507 e. The number of aliphatic hydroxyl groups excluding tert-OH is 1. The van der Waals surface area contributed by atoms with Gasteiger partial charge in [-0.25, -0.2) is 4.98 Å². The van der Waals surface area contributed by atoms with E-state index >= 15 is 0 Å². The number of ether oxygens (including phenoxy) is 1. The number of thiazole rings is 1. The summed E-state index contributed by atoms with van der Waals surface area (Å²) in [6, 6.07) is 17.0. The molecule has 1 amide bonds. The first-order chi connectivity index (χ1) is 18.3. The molecule has 0 spiro atoms. The van der Waals surface area contributed by atoms with E-state index in [4.69, 9.17) is 21.3 Å². The van der Waals surface area contributed by atoms with E-state index in [0.717, 1.165) is 34.2 Å². The number of aromatic nitrogens is 1. The van der Waals surface area contributed by atoms with Crippen LogP contribution in [0.2, 0.25) is 5.02 Å². The first-order valence-electron chi connectivity index (χ1n) is 12.5. The number of nitrogens with zero attached hydrogens (tertiary/aromatic N) is 2. The zero-order valence-corrected chi connectivity index (χ0v) is 22.9. The third kappa shape index (κ3) is 4.79. The number of carbonyl (C=O) groups excluding carboxylic acids is 2. The molecular formula is C30H27ClN2O4S. The Morgan fingerprint density at radius 1 is 1.08 bits per heavy atom. The van der Waals surface area contributed by atoms with E-state index in [9.17, 15) is 14.7 Å². The van der Waals surface area contributed by atoms with Crippen molar-refractivity contribution < 1.29 is 19.4 Å². The van der Waals surface area contributed by atoms with Crippen LogP contribution in [-0.2, 0) is 9.59 Å². The number of hydrogen-bond donors (Lipinski definition) is 1. The lowest BCUT2D eigenvalue weighted by Gasteiger charge is -2.23. The van der Waals surface area contributed by atoms with E-state index < -0.39 is 17.7 Å². The molecule has 38 heavy (non-hydrogen) atoms. The molecule has 0 saturated carbocycles. The molecule has 1 aliphatic heterocycles. The number of carbonyl (C=O) groups is 2. The molecule has 3 aromatic carbocycles. The number of unbranched alkanes of at least 4 members (excludes halogenated alkanes) is 1. The summed E-state index contributed by atoms with van der Waals surface area (Å²) < 4.78 is 6.73. The second-order valence-electron chi connectivity index (χ2n) is 9.37. The number of hydrogen-bond acceptors (Lipinski definition) is 6. The van der Waals surface area contributed by atoms with Gasteiger partial charge in [-0.2, -0.15) is 0 Å². The number of amides is 1. The lowest BCUT2D eigenvalue weighted by Crippen LogP contribution is -2.29. The smallest absolute Gasteiger partial charge is 0.301 e. The Balaban J connectivity index is 1.65. The van der Waals surface area contributed by atoms with E-state index in [-0.39, 0.29) is 11.3 Å². The van der Waals surface area contributed by atoms with Crippen molar-refractivity contribution in [2.75, 3.05) is 11.5 Å². The monoisotopic (exact) mass is 546 g/mol. The highest BCUT2D eigenvalue weighted by Crippen LogP contribution is 2.45. The highest BCUT2D eigenvalue weighted by atomic mass is 35.5. The lowest BCUT2D eigenvalue weighted by molar-refractivity contribution is -0.132. The first kappa shape index (κ1) is 25.9. The van der Waals surface area contributed by atoms with Gasteiger partial charge in [-0.1, -0.05) is 54.5 Å². The van der Waals surface area contributed by atoms with Gasteiger partial charge in [0.05, 0.1) is 28.4 Å². The van der Waals surface area contributed by atoms with Crippen LogP contribution in [0.5, 0.6) is 5.75 Å². The maximum atomic E-state index is 13.5. The number of halogens is 1. The summed E-state index contributed by atoms with van der Waals surface area (Å²) in [5, 5.41) is 12.2. The highest BCUT2D eigenvalue weighted by Gasteiger charge is 2.48. The average molecular weight is 547 g/mol. The Morgan fingerprint density at radius 3 is 2.47 bits per heavy atom. The molecule has 194 valence electrons. The standard InChI is InChI=1S/C30H27ClN2O4S/c1-4-5-14-37-22-12-8-19(9-13-22)26-24(27(34)20-6-10-21(31)11-7-20)28(35)29(36)33(26)30-32-25-18(3)15-17(2)16-23(25)38-30/h6-13,15-16,26,34H,4-5,14H2,1-3H3. The number of benzene rings is 3. The molecule has 1 N–H and O–H groups in total. The second kappa shape index (κ2) is 10.6. The number of Topliss-reactive ketones (excluding diaryl/α,β-unsaturated/α-hetero) is 1.